The van der Waals surface area contributed by atoms with Gasteiger partial charge in [-0.2, -0.15) is 0 Å². The first-order valence-electron chi connectivity index (χ1n) is 6.79. The Morgan fingerprint density at radius 2 is 1.83 bits per heavy atom. The lowest BCUT2D eigenvalue weighted by molar-refractivity contribution is -0.156. The molecule has 0 aliphatic heterocycles. The van der Waals surface area contributed by atoms with Crippen molar-refractivity contribution in [2.24, 2.45) is 0 Å². The van der Waals surface area contributed by atoms with E-state index in [4.69, 9.17) is 4.74 Å². The summed E-state index contributed by atoms with van der Waals surface area (Å²) in [5, 5.41) is 0. The van der Waals surface area contributed by atoms with E-state index in [0.29, 0.717) is 6.42 Å². The van der Waals surface area contributed by atoms with Crippen molar-refractivity contribution in [3.8, 4) is 0 Å². The highest BCUT2D eigenvalue weighted by molar-refractivity contribution is 5.69. The first-order chi connectivity index (χ1) is 8.53. The number of unbranched alkanes of at least 4 members (excludes halogenated alkanes) is 2. The van der Waals surface area contributed by atoms with Gasteiger partial charge in [0.2, 0.25) is 0 Å². The van der Waals surface area contributed by atoms with Crippen LogP contribution in [-0.4, -0.2) is 11.6 Å². The zero-order valence-corrected chi connectivity index (χ0v) is 11.7. The molecule has 2 heteroatoms. The van der Waals surface area contributed by atoms with Crippen molar-refractivity contribution < 1.29 is 9.53 Å². The summed E-state index contributed by atoms with van der Waals surface area (Å²) >= 11 is 0. The molecule has 0 aliphatic rings. The zero-order chi connectivity index (χ0) is 13.4. The molecule has 0 atom stereocenters. The smallest absolute Gasteiger partial charge is 0.306 e. The lowest BCUT2D eigenvalue weighted by Gasteiger charge is -2.25. The van der Waals surface area contributed by atoms with E-state index in [1.165, 1.54) is 5.56 Å². The van der Waals surface area contributed by atoms with E-state index < -0.39 is 5.60 Å². The Balaban J connectivity index is 2.41. The summed E-state index contributed by atoms with van der Waals surface area (Å²) in [4.78, 5) is 11.7. The van der Waals surface area contributed by atoms with Crippen LogP contribution >= 0.6 is 0 Å². The summed E-state index contributed by atoms with van der Waals surface area (Å²) < 4.78 is 5.55. The molecular weight excluding hydrogens is 224 g/mol. The molecule has 0 N–H and O–H groups in total. The number of hydrogen-bond acceptors (Lipinski definition) is 2. The van der Waals surface area contributed by atoms with Crippen LogP contribution < -0.4 is 0 Å². The molecule has 1 rings (SSSR count). The van der Waals surface area contributed by atoms with E-state index in [1.807, 2.05) is 32.0 Å². The fourth-order valence-electron chi connectivity index (χ4n) is 2.00. The lowest BCUT2D eigenvalue weighted by Crippen LogP contribution is -2.30. The molecule has 1 aromatic carbocycles. The van der Waals surface area contributed by atoms with Gasteiger partial charge in [-0.3, -0.25) is 4.79 Å². The highest BCUT2D eigenvalue weighted by Gasteiger charge is 2.22. The summed E-state index contributed by atoms with van der Waals surface area (Å²) in [5.41, 5.74) is 0.772. The Kier molecular flexibility index (Phi) is 5.90. The second-order valence-corrected chi connectivity index (χ2v) is 5.35. The molecule has 0 saturated heterocycles. The number of hydrogen-bond donors (Lipinski definition) is 0. The SMILES string of the molecule is CCCCCC(=O)OC(C)(C)Cc1ccccc1. The summed E-state index contributed by atoms with van der Waals surface area (Å²) in [7, 11) is 0. The molecule has 0 radical (unpaired) electrons. The fourth-order valence-corrected chi connectivity index (χ4v) is 2.00. The van der Waals surface area contributed by atoms with Crippen LogP contribution in [0.5, 0.6) is 0 Å². The molecule has 0 spiro atoms. The number of rotatable bonds is 7. The molecule has 1 aromatic rings. The maximum Gasteiger partial charge on any atom is 0.306 e. The van der Waals surface area contributed by atoms with Gasteiger partial charge in [0.05, 0.1) is 0 Å². The van der Waals surface area contributed by atoms with Gasteiger partial charge in [-0.1, -0.05) is 50.1 Å². The highest BCUT2D eigenvalue weighted by atomic mass is 16.6. The highest BCUT2D eigenvalue weighted by Crippen LogP contribution is 2.18. The lowest BCUT2D eigenvalue weighted by atomic mass is 9.98. The Morgan fingerprint density at radius 1 is 1.17 bits per heavy atom. The fraction of sp³-hybridized carbons (Fsp3) is 0.562. The van der Waals surface area contributed by atoms with Crippen LogP contribution in [0.4, 0.5) is 0 Å². The van der Waals surface area contributed by atoms with Gasteiger partial charge in [-0.05, 0) is 25.8 Å². The molecule has 0 bridgehead atoms. The van der Waals surface area contributed by atoms with Crippen LogP contribution in [0, 0.1) is 0 Å². The van der Waals surface area contributed by atoms with Crippen molar-refractivity contribution in [1.29, 1.82) is 0 Å². The van der Waals surface area contributed by atoms with Crippen molar-refractivity contribution >= 4 is 5.97 Å². The molecule has 0 heterocycles. The number of benzene rings is 1. The minimum atomic E-state index is -0.426. The van der Waals surface area contributed by atoms with E-state index in [2.05, 4.69) is 19.1 Å². The first-order valence-corrected chi connectivity index (χ1v) is 6.79. The zero-order valence-electron chi connectivity index (χ0n) is 11.7. The van der Waals surface area contributed by atoms with Crippen molar-refractivity contribution in [1.82, 2.24) is 0 Å². The Morgan fingerprint density at radius 3 is 2.44 bits per heavy atom. The molecular formula is C16H24O2. The minimum Gasteiger partial charge on any atom is -0.459 e. The summed E-state index contributed by atoms with van der Waals surface area (Å²) in [6, 6.07) is 10.1. The van der Waals surface area contributed by atoms with E-state index in [9.17, 15) is 4.79 Å². The van der Waals surface area contributed by atoms with Gasteiger partial charge in [0.1, 0.15) is 5.60 Å². The second-order valence-electron chi connectivity index (χ2n) is 5.35. The standard InChI is InChI=1S/C16H24O2/c1-4-5-7-12-15(17)18-16(2,3)13-14-10-8-6-9-11-14/h6,8-11H,4-5,7,12-13H2,1-3H3. The van der Waals surface area contributed by atoms with Gasteiger partial charge in [0.15, 0.2) is 0 Å². The normalized spacial score (nSPS) is 11.3. The Bertz CT molecular complexity index is 355. The molecule has 2 nitrogen and oxygen atoms in total. The largest absolute Gasteiger partial charge is 0.459 e. The van der Waals surface area contributed by atoms with Crippen LogP contribution in [-0.2, 0) is 16.0 Å². The van der Waals surface area contributed by atoms with Crippen molar-refractivity contribution in [2.45, 2.75) is 58.5 Å². The van der Waals surface area contributed by atoms with Crippen LogP contribution in [0.1, 0.15) is 52.0 Å². The molecule has 0 aliphatic carbocycles. The van der Waals surface area contributed by atoms with E-state index >= 15 is 0 Å². The maximum atomic E-state index is 11.7. The Labute approximate surface area is 110 Å². The molecule has 100 valence electrons. The van der Waals surface area contributed by atoms with Gasteiger partial charge >= 0.3 is 5.97 Å². The van der Waals surface area contributed by atoms with Crippen molar-refractivity contribution in [3.05, 3.63) is 35.9 Å². The van der Waals surface area contributed by atoms with E-state index in [1.54, 1.807) is 0 Å². The molecule has 0 unspecified atom stereocenters. The third-order valence-electron chi connectivity index (χ3n) is 2.85. The van der Waals surface area contributed by atoms with Gasteiger partial charge in [0.25, 0.3) is 0 Å². The van der Waals surface area contributed by atoms with Gasteiger partial charge < -0.3 is 4.74 Å². The van der Waals surface area contributed by atoms with Crippen LogP contribution in [0.25, 0.3) is 0 Å². The first kappa shape index (κ1) is 14.7. The number of carbonyl (C=O) groups is 1. The predicted octanol–water partition coefficient (Wildman–Crippen LogP) is 4.13. The summed E-state index contributed by atoms with van der Waals surface area (Å²) in [6.45, 7) is 6.07. The number of carbonyl (C=O) groups excluding carboxylic acids is 1. The van der Waals surface area contributed by atoms with Gasteiger partial charge in [-0.25, -0.2) is 0 Å². The van der Waals surface area contributed by atoms with Crippen LogP contribution in [0.2, 0.25) is 0 Å². The van der Waals surface area contributed by atoms with Crippen molar-refractivity contribution in [2.75, 3.05) is 0 Å². The molecule has 18 heavy (non-hydrogen) atoms. The van der Waals surface area contributed by atoms with E-state index in [0.717, 1.165) is 25.7 Å². The van der Waals surface area contributed by atoms with E-state index in [-0.39, 0.29) is 5.97 Å². The third-order valence-corrected chi connectivity index (χ3v) is 2.85. The van der Waals surface area contributed by atoms with Crippen molar-refractivity contribution in [3.63, 3.8) is 0 Å². The minimum absolute atomic E-state index is 0.0793. The predicted molar refractivity (Wildman–Crippen MR) is 74.5 cm³/mol. The maximum absolute atomic E-state index is 11.7. The molecule has 0 aromatic heterocycles. The molecule has 0 amide bonds. The van der Waals surface area contributed by atoms with Crippen LogP contribution in [0.3, 0.4) is 0 Å². The molecule has 0 fully saturated rings. The molecule has 0 saturated carbocycles. The number of esters is 1. The summed E-state index contributed by atoms with van der Waals surface area (Å²) in [5.74, 6) is -0.0793. The van der Waals surface area contributed by atoms with Crippen LogP contribution in [0.15, 0.2) is 30.3 Å². The number of ether oxygens (including phenoxy) is 1. The topological polar surface area (TPSA) is 26.3 Å². The third kappa shape index (κ3) is 5.85. The van der Waals surface area contributed by atoms with Gasteiger partial charge in [0, 0.05) is 12.8 Å². The quantitative estimate of drug-likeness (QED) is 0.535. The average Bonchev–Trinajstić information content (AvgIpc) is 2.29. The summed E-state index contributed by atoms with van der Waals surface area (Å²) in [6.07, 6.45) is 4.44. The second kappa shape index (κ2) is 7.20. The van der Waals surface area contributed by atoms with Gasteiger partial charge in [-0.15, -0.1) is 0 Å². The average molecular weight is 248 g/mol. The monoisotopic (exact) mass is 248 g/mol. The Hall–Kier alpha value is -1.31.